The summed E-state index contributed by atoms with van der Waals surface area (Å²) in [6.07, 6.45) is 4.68. The minimum Gasteiger partial charge on any atom is -0.322 e. The van der Waals surface area contributed by atoms with Crippen LogP contribution in [-0.4, -0.2) is 25.7 Å². The topological polar surface area (TPSA) is 72.7 Å². The predicted molar refractivity (Wildman–Crippen MR) is 106 cm³/mol. The van der Waals surface area contributed by atoms with Crippen LogP contribution in [0.5, 0.6) is 0 Å². The third-order valence-electron chi connectivity index (χ3n) is 4.02. The van der Waals surface area contributed by atoms with Crippen molar-refractivity contribution in [1.82, 2.24) is 19.7 Å². The van der Waals surface area contributed by atoms with Gasteiger partial charge in [0.2, 0.25) is 5.13 Å². The van der Waals surface area contributed by atoms with Crippen molar-refractivity contribution in [1.29, 1.82) is 0 Å². The second-order valence-corrected chi connectivity index (χ2v) is 8.00. The number of carbonyl (C=O) groups is 1. The van der Waals surface area contributed by atoms with Crippen LogP contribution in [0, 0.1) is 13.8 Å². The third-order valence-corrected chi connectivity index (χ3v) is 6.08. The smallest absolute Gasteiger partial charge is 0.269 e. The first-order valence-electron chi connectivity index (χ1n) is 8.24. The number of nitrogens with zero attached hydrogens (tertiary/aromatic N) is 4. The molecular formula is C18H17N5OS2. The van der Waals surface area contributed by atoms with Gasteiger partial charge >= 0.3 is 0 Å². The summed E-state index contributed by atoms with van der Waals surface area (Å²) in [6, 6.07) is 5.93. The van der Waals surface area contributed by atoms with E-state index >= 15 is 0 Å². The molecule has 0 saturated carbocycles. The van der Waals surface area contributed by atoms with Crippen LogP contribution < -0.4 is 5.32 Å². The molecule has 0 aromatic carbocycles. The number of hydrogen-bond acceptors (Lipinski definition) is 6. The number of aromatic nitrogens is 4. The van der Waals surface area contributed by atoms with Crippen molar-refractivity contribution >= 4 is 43.9 Å². The molecule has 0 fully saturated rings. The molecule has 0 aliphatic heterocycles. The second-order valence-electron chi connectivity index (χ2n) is 5.94. The van der Waals surface area contributed by atoms with Crippen molar-refractivity contribution < 1.29 is 4.79 Å². The molecule has 0 atom stereocenters. The summed E-state index contributed by atoms with van der Waals surface area (Å²) in [4.78, 5) is 19.1. The number of hydrogen-bond donors (Lipinski definition) is 1. The van der Waals surface area contributed by atoms with Gasteiger partial charge in [-0.3, -0.25) is 10.1 Å². The highest BCUT2D eigenvalue weighted by Gasteiger charge is 2.23. The first-order chi connectivity index (χ1) is 12.6. The van der Waals surface area contributed by atoms with Gasteiger partial charge in [0.05, 0.1) is 5.69 Å². The van der Waals surface area contributed by atoms with E-state index in [2.05, 4.69) is 27.4 Å². The lowest BCUT2D eigenvalue weighted by Crippen LogP contribution is -2.12. The van der Waals surface area contributed by atoms with Crippen LogP contribution in [0.15, 0.2) is 30.6 Å². The van der Waals surface area contributed by atoms with Gasteiger partial charge < -0.3 is 4.57 Å². The van der Waals surface area contributed by atoms with Crippen molar-refractivity contribution in [2.75, 3.05) is 5.32 Å². The average Bonchev–Trinajstić information content (AvgIpc) is 3.33. The SMILES string of the molecule is CCc1nnc(NC(=O)c2sc3nc(C)cc(C)c3c2-n2cccc2)s1. The maximum Gasteiger partial charge on any atom is 0.269 e. The maximum absolute atomic E-state index is 13.0. The first kappa shape index (κ1) is 16.9. The Morgan fingerprint density at radius 1 is 1.19 bits per heavy atom. The van der Waals surface area contributed by atoms with E-state index in [1.165, 1.54) is 22.7 Å². The number of carbonyl (C=O) groups excluding carboxylic acids is 1. The Morgan fingerprint density at radius 2 is 1.96 bits per heavy atom. The number of nitrogens with one attached hydrogen (secondary N) is 1. The van der Waals surface area contributed by atoms with Gasteiger partial charge in [0.25, 0.3) is 5.91 Å². The van der Waals surface area contributed by atoms with E-state index in [1.54, 1.807) is 0 Å². The molecule has 1 amide bonds. The number of anilines is 1. The zero-order valence-electron chi connectivity index (χ0n) is 14.6. The summed E-state index contributed by atoms with van der Waals surface area (Å²) in [5, 5.41) is 13.4. The fourth-order valence-corrected chi connectivity index (χ4v) is 4.77. The van der Waals surface area contributed by atoms with Crippen molar-refractivity contribution in [3.05, 3.63) is 51.7 Å². The summed E-state index contributed by atoms with van der Waals surface area (Å²) >= 11 is 2.80. The molecule has 0 saturated heterocycles. The van der Waals surface area contributed by atoms with Gasteiger partial charge in [-0.2, -0.15) is 0 Å². The van der Waals surface area contributed by atoms with Gasteiger partial charge in [-0.05, 0) is 44.0 Å². The lowest BCUT2D eigenvalue weighted by molar-refractivity contribution is 0.103. The number of amides is 1. The summed E-state index contributed by atoms with van der Waals surface area (Å²) < 4.78 is 1.97. The van der Waals surface area contributed by atoms with Crippen LogP contribution >= 0.6 is 22.7 Å². The molecule has 26 heavy (non-hydrogen) atoms. The van der Waals surface area contributed by atoms with Gasteiger partial charge in [0.15, 0.2) is 0 Å². The molecule has 0 spiro atoms. The number of fused-ring (bicyclic) bond motifs is 1. The first-order valence-corrected chi connectivity index (χ1v) is 9.88. The van der Waals surface area contributed by atoms with Gasteiger partial charge in [0.1, 0.15) is 14.7 Å². The molecule has 0 aliphatic rings. The number of pyridine rings is 1. The quantitative estimate of drug-likeness (QED) is 0.568. The zero-order chi connectivity index (χ0) is 18.3. The Balaban J connectivity index is 1.84. The molecule has 4 aromatic heterocycles. The van der Waals surface area contributed by atoms with Gasteiger partial charge in [-0.25, -0.2) is 4.98 Å². The number of rotatable bonds is 4. The van der Waals surface area contributed by atoms with Crippen LogP contribution in [-0.2, 0) is 6.42 Å². The largest absolute Gasteiger partial charge is 0.322 e. The summed E-state index contributed by atoms with van der Waals surface area (Å²) in [5.41, 5.74) is 2.91. The molecule has 4 rings (SSSR count). The van der Waals surface area contributed by atoms with E-state index in [0.29, 0.717) is 10.0 Å². The van der Waals surface area contributed by atoms with Gasteiger partial charge in [-0.15, -0.1) is 21.5 Å². The van der Waals surface area contributed by atoms with Crippen molar-refractivity contribution in [2.45, 2.75) is 27.2 Å². The Bertz CT molecular complexity index is 1090. The fraction of sp³-hybridized carbons (Fsp3) is 0.222. The van der Waals surface area contributed by atoms with E-state index in [-0.39, 0.29) is 5.91 Å². The lowest BCUT2D eigenvalue weighted by atomic mass is 10.1. The van der Waals surface area contributed by atoms with E-state index in [9.17, 15) is 4.79 Å². The normalized spacial score (nSPS) is 11.2. The summed E-state index contributed by atoms with van der Waals surface area (Å²) in [5.74, 6) is -0.187. The molecule has 0 bridgehead atoms. The molecule has 6 nitrogen and oxygen atoms in total. The highest BCUT2D eigenvalue weighted by atomic mass is 32.1. The van der Waals surface area contributed by atoms with Crippen LogP contribution in [0.2, 0.25) is 0 Å². The lowest BCUT2D eigenvalue weighted by Gasteiger charge is -2.07. The standard InChI is InChI=1S/C18H17N5OS2/c1-4-12-21-22-18(25-12)20-16(24)15-14(23-7-5-6-8-23)13-10(2)9-11(3)19-17(13)26-15/h5-9H,4H2,1-3H3,(H,20,22,24). The third kappa shape index (κ3) is 2.91. The summed E-state index contributed by atoms with van der Waals surface area (Å²) in [7, 11) is 0. The molecule has 0 unspecified atom stereocenters. The molecule has 132 valence electrons. The van der Waals surface area contributed by atoms with E-state index < -0.39 is 0 Å². The zero-order valence-corrected chi connectivity index (χ0v) is 16.2. The molecule has 0 aliphatic carbocycles. The van der Waals surface area contributed by atoms with Crippen molar-refractivity contribution in [3.8, 4) is 5.69 Å². The number of aryl methyl sites for hydroxylation is 3. The average molecular weight is 384 g/mol. The molecule has 0 radical (unpaired) electrons. The van der Waals surface area contributed by atoms with Gasteiger partial charge in [0, 0.05) is 23.5 Å². The van der Waals surface area contributed by atoms with Crippen molar-refractivity contribution in [2.24, 2.45) is 0 Å². The van der Waals surface area contributed by atoms with E-state index in [0.717, 1.165) is 38.6 Å². The second kappa shape index (κ2) is 6.62. The molecular weight excluding hydrogens is 366 g/mol. The Kier molecular flexibility index (Phi) is 4.29. The highest BCUT2D eigenvalue weighted by molar-refractivity contribution is 7.21. The van der Waals surface area contributed by atoms with E-state index in [4.69, 9.17) is 0 Å². The van der Waals surface area contributed by atoms with Crippen LogP contribution in [0.3, 0.4) is 0 Å². The van der Waals surface area contributed by atoms with Crippen LogP contribution in [0.4, 0.5) is 5.13 Å². The predicted octanol–water partition coefficient (Wildman–Crippen LogP) is 4.37. The van der Waals surface area contributed by atoms with Gasteiger partial charge in [-0.1, -0.05) is 18.3 Å². The highest BCUT2D eigenvalue weighted by Crippen LogP contribution is 2.36. The maximum atomic E-state index is 13.0. The van der Waals surface area contributed by atoms with Crippen LogP contribution in [0.25, 0.3) is 15.9 Å². The Morgan fingerprint density at radius 3 is 2.65 bits per heavy atom. The minimum atomic E-state index is -0.187. The molecule has 8 heteroatoms. The summed E-state index contributed by atoms with van der Waals surface area (Å²) in [6.45, 7) is 6.03. The minimum absolute atomic E-state index is 0.187. The Hall–Kier alpha value is -2.58. The van der Waals surface area contributed by atoms with Crippen LogP contribution in [0.1, 0.15) is 32.9 Å². The van der Waals surface area contributed by atoms with E-state index in [1.807, 2.05) is 49.0 Å². The monoisotopic (exact) mass is 383 g/mol. The Labute approximate surface area is 158 Å². The molecule has 4 heterocycles. The fourth-order valence-electron chi connectivity index (χ4n) is 2.91. The molecule has 4 aromatic rings. The molecule has 1 N–H and O–H groups in total. The number of thiophene rings is 1. The van der Waals surface area contributed by atoms with Crippen molar-refractivity contribution in [3.63, 3.8) is 0 Å².